The fourth-order valence-electron chi connectivity index (χ4n) is 1.69. The van der Waals surface area contributed by atoms with Gasteiger partial charge < -0.3 is 30.3 Å². The summed E-state index contributed by atoms with van der Waals surface area (Å²) >= 11 is 3.93. The zero-order valence-electron chi connectivity index (χ0n) is 16.5. The van der Waals surface area contributed by atoms with E-state index in [9.17, 15) is 28.8 Å². The molecule has 0 aromatic rings. The molecule has 10 nitrogen and oxygen atoms in total. The van der Waals surface area contributed by atoms with Gasteiger partial charge in [0, 0.05) is 0 Å². The lowest BCUT2D eigenvalue weighted by molar-refractivity contribution is -0.156. The number of hydrogen-bond donors (Lipinski definition) is 4. The van der Waals surface area contributed by atoms with Gasteiger partial charge in [-0.15, -0.1) is 0 Å². The monoisotopic (exact) mass is 405 g/mol. The molecule has 0 aliphatic carbocycles. The molecular weight excluding hydrogens is 378 g/mol. The largest absolute Gasteiger partial charge is 0.452 e. The maximum absolute atomic E-state index is 12.2. The fraction of sp³-hybridized carbons (Fsp3) is 0.625. The summed E-state index contributed by atoms with van der Waals surface area (Å²) in [4.78, 5) is 69.5. The zero-order chi connectivity index (χ0) is 22.0. The summed E-state index contributed by atoms with van der Waals surface area (Å²) in [6, 6.07) is -3.32. The van der Waals surface area contributed by atoms with E-state index in [1.165, 1.54) is 27.7 Å². The molecule has 0 aromatic heterocycles. The smallest absolute Gasteiger partial charge is 0.309 e. The first kappa shape index (κ1) is 22.6. The van der Waals surface area contributed by atoms with Gasteiger partial charge in [-0.1, -0.05) is 0 Å². The van der Waals surface area contributed by atoms with E-state index in [0.29, 0.717) is 6.29 Å². The van der Waals surface area contributed by atoms with Crippen molar-refractivity contribution in [2.45, 2.75) is 63.6 Å². The Morgan fingerprint density at radius 2 is 1.52 bits per heavy atom. The number of amides is 3. The lowest BCUT2D eigenvalue weighted by Gasteiger charge is -2.21. The molecule has 0 spiro atoms. The topological polar surface area (TPSA) is 148 Å². The van der Waals surface area contributed by atoms with Crippen molar-refractivity contribution in [2.75, 3.05) is 0 Å². The summed E-state index contributed by atoms with van der Waals surface area (Å²) < 4.78 is 11.9. The number of aldehydes is 2. The van der Waals surface area contributed by atoms with Crippen LogP contribution >= 0.6 is 12.6 Å². The van der Waals surface area contributed by atoms with Gasteiger partial charge in [0.05, 0.1) is 23.8 Å². The Balaban J connectivity index is 5.05. The highest BCUT2D eigenvalue weighted by Crippen LogP contribution is 2.03. The van der Waals surface area contributed by atoms with Crippen molar-refractivity contribution in [1.82, 2.24) is 16.0 Å². The maximum Gasteiger partial charge on any atom is 0.309 e. The third-order valence-corrected chi connectivity index (χ3v) is 3.40. The van der Waals surface area contributed by atoms with Gasteiger partial charge in [-0.3, -0.25) is 19.2 Å². The van der Waals surface area contributed by atoms with Crippen molar-refractivity contribution in [3.63, 3.8) is 0 Å². The number of ether oxygens (including phenoxy) is 1. The fourth-order valence-corrected chi connectivity index (χ4v) is 1.76. The molecule has 0 radical (unpaired) electrons. The Morgan fingerprint density at radius 1 is 0.963 bits per heavy atom. The van der Waals surface area contributed by atoms with E-state index in [4.69, 9.17) is 6.11 Å². The van der Waals surface area contributed by atoms with Crippen molar-refractivity contribution < 1.29 is 34.9 Å². The van der Waals surface area contributed by atoms with Gasteiger partial charge in [-0.25, -0.2) is 0 Å². The summed E-state index contributed by atoms with van der Waals surface area (Å²) in [5, 5.41) is 6.00. The Bertz CT molecular complexity index is 629. The van der Waals surface area contributed by atoms with Crippen molar-refractivity contribution >= 4 is 48.9 Å². The van der Waals surface area contributed by atoms with E-state index in [-0.39, 0.29) is 0 Å². The first-order chi connectivity index (χ1) is 12.9. The number of nitrogens with one attached hydrogen (secondary N) is 3. The van der Waals surface area contributed by atoms with Crippen LogP contribution < -0.4 is 16.0 Å². The van der Waals surface area contributed by atoms with Crippen LogP contribution in [0.1, 0.15) is 35.5 Å². The molecule has 0 bridgehead atoms. The van der Waals surface area contributed by atoms with Crippen LogP contribution in [0, 0.1) is 0 Å². The molecular formula is C16H25N3O7S. The third kappa shape index (κ3) is 9.73. The predicted octanol–water partition coefficient (Wildman–Crippen LogP) is -1.48. The summed E-state index contributed by atoms with van der Waals surface area (Å²) in [5.41, 5.74) is 0. The van der Waals surface area contributed by atoms with E-state index in [1.807, 2.05) is 0 Å². The number of thiol groups is 1. The molecule has 0 saturated carbocycles. The average molecular weight is 405 g/mol. The molecule has 11 heteroatoms. The summed E-state index contributed by atoms with van der Waals surface area (Å²) in [6.07, 6.45) is -2.43. The van der Waals surface area contributed by atoms with Gasteiger partial charge in [0.15, 0.2) is 6.10 Å². The maximum atomic E-state index is 12.2. The molecule has 5 atom stereocenters. The van der Waals surface area contributed by atoms with Gasteiger partial charge >= 0.3 is 5.97 Å². The van der Waals surface area contributed by atoms with E-state index in [1.54, 1.807) is 0 Å². The highest BCUT2D eigenvalue weighted by atomic mass is 32.1. The molecule has 3 N–H and O–H groups in total. The lowest BCUT2D eigenvalue weighted by atomic mass is 10.1. The second-order valence-electron chi connectivity index (χ2n) is 5.85. The Morgan fingerprint density at radius 3 is 2.00 bits per heavy atom. The Hall–Kier alpha value is -2.43. The second kappa shape index (κ2) is 12.0. The van der Waals surface area contributed by atoms with Crippen LogP contribution in [0.4, 0.5) is 0 Å². The minimum absolute atomic E-state index is 0.496. The number of hydrogen-bond acceptors (Lipinski definition) is 8. The molecule has 152 valence electrons. The minimum Gasteiger partial charge on any atom is -0.452 e. The molecule has 0 aromatic carbocycles. The van der Waals surface area contributed by atoms with E-state index in [2.05, 4.69) is 28.6 Å². The molecule has 3 amide bonds. The van der Waals surface area contributed by atoms with Crippen LogP contribution in [0.3, 0.4) is 0 Å². The Kier molecular flexibility index (Phi) is 10.1. The van der Waals surface area contributed by atoms with Gasteiger partial charge in [0.2, 0.25) is 11.8 Å². The highest BCUT2D eigenvalue weighted by molar-refractivity contribution is 7.81. The van der Waals surface area contributed by atoms with Crippen LogP contribution in [0.5, 0.6) is 0 Å². The van der Waals surface area contributed by atoms with E-state index in [0.717, 1.165) is 0 Å². The molecule has 5 unspecified atom stereocenters. The van der Waals surface area contributed by atoms with E-state index < -0.39 is 65.9 Å². The van der Waals surface area contributed by atoms with Crippen molar-refractivity contribution in [1.29, 1.82) is 0 Å². The first-order valence-electron chi connectivity index (χ1n) is 8.63. The molecule has 0 heterocycles. The van der Waals surface area contributed by atoms with Crippen LogP contribution in [-0.4, -0.2) is 65.7 Å². The van der Waals surface area contributed by atoms with Gasteiger partial charge in [0.25, 0.3) is 5.91 Å². The van der Waals surface area contributed by atoms with Gasteiger partial charge in [-0.2, -0.15) is 12.6 Å². The third-order valence-electron chi connectivity index (χ3n) is 3.17. The van der Waals surface area contributed by atoms with Crippen LogP contribution in [0.2, 0.25) is 0 Å². The zero-order valence-corrected chi connectivity index (χ0v) is 16.4. The molecule has 0 aliphatic rings. The van der Waals surface area contributed by atoms with Crippen LogP contribution in [-0.2, 0) is 33.5 Å². The number of rotatable bonds is 11. The second-order valence-corrected chi connectivity index (χ2v) is 6.63. The summed E-state index contributed by atoms with van der Waals surface area (Å²) in [6.45, 7) is 5.42. The van der Waals surface area contributed by atoms with Crippen molar-refractivity contribution in [3.8, 4) is 0 Å². The summed E-state index contributed by atoms with van der Waals surface area (Å²) in [7, 11) is 0. The molecule has 0 rings (SSSR count). The molecule has 0 aliphatic heterocycles. The standard InChI is InChI=1S/C16H25N3O7S/c1-8(6-20)17-14(23)10(3)26-13(22)5-12(19-15(24)11(4)27)16(25)18-9(2)7-21/h6-12,27H,5H2,1-4H3,(H,17,23)(H,18,25)(H,19,24)/i7T. The first-order valence-corrected chi connectivity index (χ1v) is 8.65. The van der Waals surface area contributed by atoms with E-state index >= 15 is 0 Å². The number of carbonyl (C=O) groups is 6. The minimum atomic E-state index is -1.40. The molecule has 27 heavy (non-hydrogen) atoms. The average Bonchev–Trinajstić information content (AvgIpc) is 2.60. The predicted molar refractivity (Wildman–Crippen MR) is 97.9 cm³/mol. The van der Waals surface area contributed by atoms with Crippen LogP contribution in [0.25, 0.3) is 0 Å². The molecule has 0 fully saturated rings. The summed E-state index contributed by atoms with van der Waals surface area (Å²) in [5.74, 6) is -3.21. The SMILES string of the molecule is [3H]C(=O)C(C)NC(=O)C(CC(=O)OC(C)C(=O)NC(C)C=O)NC(=O)C(C)S. The lowest BCUT2D eigenvalue weighted by Crippen LogP contribution is -2.52. The van der Waals surface area contributed by atoms with Gasteiger partial charge in [0.1, 0.15) is 20.0 Å². The van der Waals surface area contributed by atoms with Crippen molar-refractivity contribution in [3.05, 3.63) is 0 Å². The molecule has 0 saturated heterocycles. The normalized spacial score (nSPS) is 16.4. The number of esters is 1. The van der Waals surface area contributed by atoms with Crippen molar-refractivity contribution in [2.24, 2.45) is 0 Å². The highest BCUT2D eigenvalue weighted by Gasteiger charge is 2.28. The van der Waals surface area contributed by atoms with Crippen LogP contribution in [0.15, 0.2) is 0 Å². The van der Waals surface area contributed by atoms with Gasteiger partial charge in [-0.05, 0) is 27.7 Å². The number of carbonyl (C=O) groups excluding carboxylic acids is 6. The quantitative estimate of drug-likeness (QED) is 0.186. The Labute approximate surface area is 164 Å².